The molecule has 0 aromatic heterocycles. The average molecular weight is 342 g/mol. The van der Waals surface area contributed by atoms with Gasteiger partial charge in [0.25, 0.3) is 0 Å². The Labute approximate surface area is 144 Å². The van der Waals surface area contributed by atoms with Gasteiger partial charge in [-0.05, 0) is 35.1 Å². The summed E-state index contributed by atoms with van der Waals surface area (Å²) in [5.41, 5.74) is 4.44. The van der Waals surface area contributed by atoms with Crippen LogP contribution < -0.4 is 0 Å². The highest BCUT2D eigenvalue weighted by Crippen LogP contribution is 2.24. The predicted octanol–water partition coefficient (Wildman–Crippen LogP) is 5.18. The minimum Gasteiger partial charge on any atom is -0.310 e. The van der Waals surface area contributed by atoms with E-state index in [1.54, 1.807) is 12.2 Å². The highest BCUT2D eigenvalue weighted by Gasteiger charge is 2.02. The van der Waals surface area contributed by atoms with Gasteiger partial charge in [-0.3, -0.25) is 4.57 Å². The molecule has 0 unspecified atom stereocenters. The van der Waals surface area contributed by atoms with Gasteiger partial charge in [0.05, 0.1) is 13.2 Å². The molecule has 0 saturated heterocycles. The van der Waals surface area contributed by atoms with Gasteiger partial charge in [0.2, 0.25) is 0 Å². The van der Waals surface area contributed by atoms with Gasteiger partial charge in [-0.1, -0.05) is 73.8 Å². The van der Waals surface area contributed by atoms with Crippen LogP contribution in [-0.2, 0) is 26.5 Å². The second-order valence-electron chi connectivity index (χ2n) is 5.34. The molecule has 0 saturated carbocycles. The van der Waals surface area contributed by atoms with Crippen molar-refractivity contribution < 1.29 is 13.6 Å². The molecule has 0 aliphatic heterocycles. The number of hydrogen-bond acceptors (Lipinski definition) is 3. The summed E-state index contributed by atoms with van der Waals surface area (Å²) >= 11 is 0. The number of hydrogen-bond donors (Lipinski definition) is 0. The highest BCUT2D eigenvalue weighted by molar-refractivity contribution is 7.33. The van der Waals surface area contributed by atoms with Gasteiger partial charge in [-0.15, -0.1) is 0 Å². The van der Waals surface area contributed by atoms with Gasteiger partial charge in [0.1, 0.15) is 0 Å². The van der Waals surface area contributed by atoms with Crippen LogP contribution >= 0.6 is 8.25 Å². The minimum atomic E-state index is -2.44. The van der Waals surface area contributed by atoms with Gasteiger partial charge in [0.15, 0.2) is 0 Å². The van der Waals surface area contributed by atoms with E-state index in [2.05, 4.69) is 13.2 Å². The minimum absolute atomic E-state index is 0.388. The van der Waals surface area contributed by atoms with Gasteiger partial charge in [0, 0.05) is 0 Å². The first kappa shape index (κ1) is 18.4. The highest BCUT2D eigenvalue weighted by atomic mass is 31.1. The van der Waals surface area contributed by atoms with Crippen molar-refractivity contribution in [3.63, 3.8) is 0 Å². The molecular formula is C20H23O3P. The van der Waals surface area contributed by atoms with E-state index >= 15 is 0 Å². The monoisotopic (exact) mass is 342 g/mol. The van der Waals surface area contributed by atoms with Crippen LogP contribution in [0.1, 0.15) is 22.3 Å². The zero-order valence-corrected chi connectivity index (χ0v) is 14.7. The molecule has 0 radical (unpaired) electrons. The van der Waals surface area contributed by atoms with E-state index in [0.29, 0.717) is 26.1 Å². The molecule has 2 aromatic rings. The Morgan fingerprint density at radius 2 is 1.12 bits per heavy atom. The van der Waals surface area contributed by atoms with Gasteiger partial charge < -0.3 is 9.05 Å². The normalized spacial score (nSPS) is 10.7. The second kappa shape index (κ2) is 10.0. The van der Waals surface area contributed by atoms with Crippen molar-refractivity contribution >= 4 is 20.4 Å². The number of benzene rings is 2. The van der Waals surface area contributed by atoms with Crippen molar-refractivity contribution in [2.45, 2.75) is 12.8 Å². The van der Waals surface area contributed by atoms with Crippen molar-refractivity contribution in [2.24, 2.45) is 0 Å². The van der Waals surface area contributed by atoms with Crippen LogP contribution in [-0.4, -0.2) is 13.2 Å². The van der Waals surface area contributed by atoms with Crippen molar-refractivity contribution in [1.82, 2.24) is 0 Å². The zero-order chi connectivity index (χ0) is 17.2. The molecule has 0 heterocycles. The maximum Gasteiger partial charge on any atom is 0.319 e. The first-order chi connectivity index (χ1) is 11.7. The predicted molar refractivity (Wildman–Crippen MR) is 101 cm³/mol. The van der Waals surface area contributed by atoms with E-state index in [9.17, 15) is 4.57 Å². The molecule has 2 rings (SSSR count). The first-order valence-corrected chi connectivity index (χ1v) is 9.16. The largest absolute Gasteiger partial charge is 0.319 e. The quantitative estimate of drug-likeness (QED) is 0.558. The maximum absolute atomic E-state index is 11.7. The van der Waals surface area contributed by atoms with E-state index in [1.807, 2.05) is 48.5 Å². The fraction of sp³-hybridized carbons (Fsp3) is 0.200. The summed E-state index contributed by atoms with van der Waals surface area (Å²) in [4.78, 5) is 0. The third-order valence-electron chi connectivity index (χ3n) is 3.65. The third kappa shape index (κ3) is 6.29. The molecule has 0 aliphatic carbocycles. The van der Waals surface area contributed by atoms with Crippen LogP contribution in [0.15, 0.2) is 61.7 Å². The Morgan fingerprint density at radius 3 is 1.46 bits per heavy atom. The molecule has 4 heteroatoms. The molecule has 3 nitrogen and oxygen atoms in total. The third-order valence-corrected chi connectivity index (χ3v) is 4.53. The Kier molecular flexibility index (Phi) is 7.70. The van der Waals surface area contributed by atoms with E-state index in [4.69, 9.17) is 9.05 Å². The smallest absolute Gasteiger partial charge is 0.310 e. The summed E-state index contributed by atoms with van der Waals surface area (Å²) in [6.07, 6.45) is 5.02. The second-order valence-corrected chi connectivity index (χ2v) is 6.42. The summed E-state index contributed by atoms with van der Waals surface area (Å²) in [6, 6.07) is 16.1. The Bertz CT molecular complexity index is 616. The Balaban J connectivity index is 1.63. The molecule has 2 aromatic carbocycles. The van der Waals surface area contributed by atoms with Crippen molar-refractivity contribution in [1.29, 1.82) is 0 Å². The Hall–Kier alpha value is -1.93. The van der Waals surface area contributed by atoms with Crippen LogP contribution in [0.3, 0.4) is 0 Å². The standard InChI is InChI=1S/C20H23O3P/c1-3-17-5-9-19(10-6-17)13-15-22-24(21)23-16-14-20-11-7-18(4-2)8-12-20/h3-12,24H,1-2,13-16H2. The van der Waals surface area contributed by atoms with Crippen LogP contribution in [0.2, 0.25) is 0 Å². The van der Waals surface area contributed by atoms with Gasteiger partial charge in [-0.25, -0.2) is 0 Å². The van der Waals surface area contributed by atoms with Crippen molar-refractivity contribution in [2.75, 3.05) is 13.2 Å². The lowest BCUT2D eigenvalue weighted by molar-refractivity contribution is 0.229. The molecule has 24 heavy (non-hydrogen) atoms. The van der Waals surface area contributed by atoms with Crippen LogP contribution in [0.4, 0.5) is 0 Å². The molecule has 0 spiro atoms. The molecule has 0 amide bonds. The fourth-order valence-electron chi connectivity index (χ4n) is 2.19. The van der Waals surface area contributed by atoms with E-state index in [1.165, 1.54) is 0 Å². The maximum atomic E-state index is 11.7. The van der Waals surface area contributed by atoms with E-state index in [-0.39, 0.29) is 0 Å². The fourth-order valence-corrected chi connectivity index (χ4v) is 2.81. The molecule has 126 valence electrons. The summed E-state index contributed by atoms with van der Waals surface area (Å²) < 4.78 is 22.3. The summed E-state index contributed by atoms with van der Waals surface area (Å²) in [7, 11) is -2.44. The molecule has 0 aliphatic rings. The Morgan fingerprint density at radius 1 is 0.750 bits per heavy atom. The SMILES string of the molecule is C=Cc1ccc(CCO[PH](=O)OCCc2ccc(C=C)cc2)cc1. The summed E-state index contributed by atoms with van der Waals surface area (Å²) in [5, 5.41) is 0. The molecule has 0 bridgehead atoms. The summed E-state index contributed by atoms with van der Waals surface area (Å²) in [5.74, 6) is 0. The lowest BCUT2D eigenvalue weighted by Gasteiger charge is -2.06. The van der Waals surface area contributed by atoms with Gasteiger partial charge >= 0.3 is 8.25 Å². The topological polar surface area (TPSA) is 35.5 Å². The van der Waals surface area contributed by atoms with Crippen molar-refractivity contribution in [3.05, 3.63) is 83.9 Å². The average Bonchev–Trinajstić information content (AvgIpc) is 2.63. The van der Waals surface area contributed by atoms with Crippen LogP contribution in [0.5, 0.6) is 0 Å². The molecule has 0 fully saturated rings. The lowest BCUT2D eigenvalue weighted by atomic mass is 10.1. The van der Waals surface area contributed by atoms with E-state index in [0.717, 1.165) is 22.3 Å². The van der Waals surface area contributed by atoms with Crippen LogP contribution in [0.25, 0.3) is 12.2 Å². The van der Waals surface area contributed by atoms with Crippen molar-refractivity contribution in [3.8, 4) is 0 Å². The summed E-state index contributed by atoms with van der Waals surface area (Å²) in [6.45, 7) is 8.22. The molecular weight excluding hydrogens is 319 g/mol. The zero-order valence-electron chi connectivity index (χ0n) is 13.7. The molecule has 0 N–H and O–H groups in total. The lowest BCUT2D eigenvalue weighted by Crippen LogP contribution is -1.97. The van der Waals surface area contributed by atoms with Gasteiger partial charge in [-0.2, -0.15) is 0 Å². The first-order valence-electron chi connectivity index (χ1n) is 7.93. The number of rotatable bonds is 10. The van der Waals surface area contributed by atoms with Crippen LogP contribution in [0, 0.1) is 0 Å². The van der Waals surface area contributed by atoms with E-state index < -0.39 is 8.25 Å². The molecule has 0 atom stereocenters.